The first-order valence-corrected chi connectivity index (χ1v) is 5.16. The summed E-state index contributed by atoms with van der Waals surface area (Å²) in [6.07, 6.45) is 4.48. The molecule has 1 heterocycles. The summed E-state index contributed by atoms with van der Waals surface area (Å²) in [4.78, 5) is 2.37. The third-order valence-electron chi connectivity index (χ3n) is 1.85. The fourth-order valence-electron chi connectivity index (χ4n) is 1.20. The lowest BCUT2D eigenvalue weighted by molar-refractivity contribution is 0.394. The van der Waals surface area contributed by atoms with Crippen molar-refractivity contribution in [3.05, 3.63) is 23.3 Å². The predicted octanol–water partition coefficient (Wildman–Crippen LogP) is 2.47. The lowest BCUT2D eigenvalue weighted by Gasteiger charge is -2.23. The Labute approximate surface area is 73.2 Å². The van der Waals surface area contributed by atoms with Gasteiger partial charge in [-0.05, 0) is 25.3 Å². The number of hydrogen-bond acceptors (Lipinski definition) is 2. The fraction of sp³-hybridized carbons (Fsp3) is 0.556. The van der Waals surface area contributed by atoms with Gasteiger partial charge in [0.25, 0.3) is 0 Å². The third kappa shape index (κ3) is 2.29. The maximum atomic E-state index is 2.37. The van der Waals surface area contributed by atoms with Crippen LogP contribution in [0.3, 0.4) is 0 Å². The van der Waals surface area contributed by atoms with E-state index in [9.17, 15) is 0 Å². The van der Waals surface area contributed by atoms with Crippen LogP contribution in [0, 0.1) is 0 Å². The molecule has 0 unspecified atom stereocenters. The maximum absolute atomic E-state index is 2.37. The van der Waals surface area contributed by atoms with E-state index in [4.69, 9.17) is 0 Å². The fourth-order valence-corrected chi connectivity index (χ4v) is 1.81. The Morgan fingerprint density at radius 3 is 2.64 bits per heavy atom. The molecule has 1 aliphatic rings. The molecule has 0 aromatic heterocycles. The Morgan fingerprint density at radius 2 is 2.18 bits per heavy atom. The zero-order valence-electron chi connectivity index (χ0n) is 7.21. The van der Waals surface area contributed by atoms with Gasteiger partial charge < -0.3 is 4.90 Å². The van der Waals surface area contributed by atoms with E-state index in [1.54, 1.807) is 0 Å². The number of rotatable bonds is 3. The van der Waals surface area contributed by atoms with Crippen LogP contribution in [0.25, 0.3) is 0 Å². The molecule has 0 saturated heterocycles. The van der Waals surface area contributed by atoms with Gasteiger partial charge in [-0.2, -0.15) is 0 Å². The van der Waals surface area contributed by atoms with Crippen molar-refractivity contribution in [2.45, 2.75) is 13.8 Å². The minimum atomic E-state index is 1.11. The quantitative estimate of drug-likeness (QED) is 0.638. The topological polar surface area (TPSA) is 3.24 Å². The van der Waals surface area contributed by atoms with Gasteiger partial charge in [0, 0.05) is 24.5 Å². The zero-order valence-corrected chi connectivity index (χ0v) is 8.03. The molecule has 0 amide bonds. The molecule has 0 aromatic carbocycles. The predicted molar refractivity (Wildman–Crippen MR) is 52.6 cm³/mol. The molecular weight excluding hydrogens is 154 g/mol. The lowest BCUT2D eigenvalue weighted by atomic mass is 10.3. The summed E-state index contributed by atoms with van der Waals surface area (Å²) >= 11 is 1.85. The van der Waals surface area contributed by atoms with Crippen molar-refractivity contribution in [3.63, 3.8) is 0 Å². The van der Waals surface area contributed by atoms with Crippen molar-refractivity contribution in [2.75, 3.05) is 18.8 Å². The number of hydrogen-bond donors (Lipinski definition) is 0. The Morgan fingerprint density at radius 1 is 1.45 bits per heavy atom. The van der Waals surface area contributed by atoms with E-state index < -0.39 is 0 Å². The molecule has 2 heteroatoms. The van der Waals surface area contributed by atoms with E-state index in [1.807, 2.05) is 11.8 Å². The van der Waals surface area contributed by atoms with Crippen LogP contribution in [0.1, 0.15) is 13.8 Å². The van der Waals surface area contributed by atoms with Crippen molar-refractivity contribution >= 4 is 11.8 Å². The molecule has 0 atom stereocenters. The van der Waals surface area contributed by atoms with Gasteiger partial charge in [0.1, 0.15) is 0 Å². The van der Waals surface area contributed by atoms with Crippen LogP contribution in [0.15, 0.2) is 23.3 Å². The molecule has 0 aliphatic carbocycles. The van der Waals surface area contributed by atoms with Crippen LogP contribution in [0.2, 0.25) is 0 Å². The molecule has 1 nitrogen and oxygen atoms in total. The van der Waals surface area contributed by atoms with E-state index in [1.165, 1.54) is 5.70 Å². The van der Waals surface area contributed by atoms with Crippen LogP contribution in [0.5, 0.6) is 0 Å². The van der Waals surface area contributed by atoms with Crippen LogP contribution in [0.4, 0.5) is 0 Å². The van der Waals surface area contributed by atoms with Gasteiger partial charge in [-0.15, -0.1) is 11.8 Å². The van der Waals surface area contributed by atoms with Gasteiger partial charge in [-0.25, -0.2) is 0 Å². The van der Waals surface area contributed by atoms with Gasteiger partial charge in [0.15, 0.2) is 0 Å². The average molecular weight is 169 g/mol. The second-order valence-electron chi connectivity index (χ2n) is 2.44. The van der Waals surface area contributed by atoms with Crippen LogP contribution in [-0.4, -0.2) is 23.7 Å². The summed E-state index contributed by atoms with van der Waals surface area (Å²) in [5.41, 5.74) is 1.38. The number of thioether (sulfide) groups is 1. The van der Waals surface area contributed by atoms with Crippen molar-refractivity contribution in [3.8, 4) is 0 Å². The molecule has 0 radical (unpaired) electrons. The highest BCUT2D eigenvalue weighted by atomic mass is 32.2. The smallest absolute Gasteiger partial charge is 0.0339 e. The second kappa shape index (κ2) is 4.50. The Hall–Kier alpha value is -0.370. The Bertz CT molecular complexity index is 168. The van der Waals surface area contributed by atoms with Crippen LogP contribution < -0.4 is 0 Å². The Balaban J connectivity index is 2.56. The summed E-state index contributed by atoms with van der Waals surface area (Å²) in [6, 6.07) is 0. The first-order valence-electron chi connectivity index (χ1n) is 4.11. The van der Waals surface area contributed by atoms with E-state index >= 15 is 0 Å². The summed E-state index contributed by atoms with van der Waals surface area (Å²) < 4.78 is 0. The largest absolute Gasteiger partial charge is 0.372 e. The summed E-state index contributed by atoms with van der Waals surface area (Å²) in [5, 5.41) is 2.17. The summed E-state index contributed by atoms with van der Waals surface area (Å²) in [7, 11) is 0. The number of allylic oxidation sites excluding steroid dienone is 1. The van der Waals surface area contributed by atoms with E-state index in [2.05, 4.69) is 36.3 Å². The van der Waals surface area contributed by atoms with Gasteiger partial charge >= 0.3 is 0 Å². The normalized spacial score (nSPS) is 16.4. The molecule has 0 fully saturated rings. The number of nitrogens with zero attached hydrogens (tertiary/aromatic N) is 1. The van der Waals surface area contributed by atoms with Crippen molar-refractivity contribution in [1.29, 1.82) is 0 Å². The summed E-state index contributed by atoms with van der Waals surface area (Å²) in [5.74, 6) is 1.13. The minimum Gasteiger partial charge on any atom is -0.372 e. The van der Waals surface area contributed by atoms with Crippen molar-refractivity contribution in [1.82, 2.24) is 4.90 Å². The van der Waals surface area contributed by atoms with Crippen LogP contribution in [-0.2, 0) is 0 Å². The van der Waals surface area contributed by atoms with Gasteiger partial charge in [-0.1, -0.05) is 6.08 Å². The van der Waals surface area contributed by atoms with E-state index in [0.29, 0.717) is 0 Å². The Kier molecular flexibility index (Phi) is 3.57. The molecule has 11 heavy (non-hydrogen) atoms. The average Bonchev–Trinajstić information content (AvgIpc) is 2.09. The molecular formula is C9H15NS. The van der Waals surface area contributed by atoms with Crippen molar-refractivity contribution in [2.24, 2.45) is 0 Å². The monoisotopic (exact) mass is 169 g/mol. The van der Waals surface area contributed by atoms with Crippen LogP contribution >= 0.6 is 11.8 Å². The lowest BCUT2D eigenvalue weighted by Crippen LogP contribution is -2.21. The van der Waals surface area contributed by atoms with E-state index in [-0.39, 0.29) is 0 Å². The maximum Gasteiger partial charge on any atom is 0.0339 e. The zero-order chi connectivity index (χ0) is 8.10. The van der Waals surface area contributed by atoms with Crippen molar-refractivity contribution < 1.29 is 0 Å². The molecule has 0 bridgehead atoms. The highest BCUT2D eigenvalue weighted by Gasteiger charge is 2.03. The summed E-state index contributed by atoms with van der Waals surface area (Å²) in [6.45, 7) is 6.61. The van der Waals surface area contributed by atoms with Gasteiger partial charge in [-0.3, -0.25) is 0 Å². The SMILES string of the molecule is CCN(CC)C1=CCSC=C1. The molecule has 1 aliphatic heterocycles. The third-order valence-corrected chi connectivity index (χ3v) is 2.54. The second-order valence-corrected chi connectivity index (χ2v) is 3.38. The van der Waals surface area contributed by atoms with E-state index in [0.717, 1.165) is 18.8 Å². The van der Waals surface area contributed by atoms with Gasteiger partial charge in [0.05, 0.1) is 0 Å². The molecule has 0 N–H and O–H groups in total. The first-order chi connectivity index (χ1) is 5.38. The molecule has 0 aromatic rings. The minimum absolute atomic E-state index is 1.11. The molecule has 0 saturated carbocycles. The van der Waals surface area contributed by atoms with Gasteiger partial charge in [0.2, 0.25) is 0 Å². The molecule has 0 spiro atoms. The standard InChI is InChI=1S/C9H15NS/c1-3-10(4-2)9-5-7-11-8-6-9/h5-7H,3-4,8H2,1-2H3. The molecule has 62 valence electrons. The number of likely N-dealkylation sites (N-methyl/N-ethyl adjacent to an activating group) is 1. The highest BCUT2D eigenvalue weighted by Crippen LogP contribution is 2.16. The molecule has 1 rings (SSSR count). The highest BCUT2D eigenvalue weighted by molar-refractivity contribution is 8.02. The first kappa shape index (κ1) is 8.72.